The number of halogens is 1. The Morgan fingerprint density at radius 3 is 2.79 bits per heavy atom. The van der Waals surface area contributed by atoms with Crippen LogP contribution in [-0.2, 0) is 23.8 Å². The number of rotatable bonds is 5. The molecule has 6 heteroatoms. The van der Waals surface area contributed by atoms with Crippen LogP contribution in [0, 0.1) is 0 Å². The molecule has 0 saturated carbocycles. The molecule has 0 aliphatic rings. The van der Waals surface area contributed by atoms with Gasteiger partial charge in [-0.1, -0.05) is 6.92 Å². The molecule has 1 aromatic heterocycles. The minimum atomic E-state index is -0.806. The topological polar surface area (TPSA) is 47.8 Å². The van der Waals surface area contributed by atoms with E-state index in [0.717, 1.165) is 18.7 Å². The summed E-state index contributed by atoms with van der Waals surface area (Å²) in [5, 5.41) is 8.15. The van der Waals surface area contributed by atoms with Crippen molar-refractivity contribution in [2.75, 3.05) is 12.0 Å². The highest BCUT2D eigenvalue weighted by Crippen LogP contribution is 2.09. The van der Waals surface area contributed by atoms with Gasteiger partial charge >= 0.3 is 0 Å². The van der Waals surface area contributed by atoms with Gasteiger partial charge in [0, 0.05) is 35.8 Å². The van der Waals surface area contributed by atoms with Crippen LogP contribution < -0.4 is 0 Å². The Kier molecular flexibility index (Phi) is 4.54. The summed E-state index contributed by atoms with van der Waals surface area (Å²) in [4.78, 5) is 0. The van der Waals surface area contributed by atoms with Crippen LogP contribution in [0.4, 0.5) is 0 Å². The van der Waals surface area contributed by atoms with Gasteiger partial charge in [0.2, 0.25) is 5.28 Å². The second kappa shape index (κ2) is 5.46. The quantitative estimate of drug-likeness (QED) is 0.772. The molecule has 0 spiro atoms. The predicted molar refractivity (Wildman–Crippen MR) is 58.0 cm³/mol. The van der Waals surface area contributed by atoms with Crippen molar-refractivity contribution >= 4 is 22.4 Å². The molecule has 0 saturated heterocycles. The van der Waals surface area contributed by atoms with Crippen LogP contribution in [0.3, 0.4) is 0 Å². The van der Waals surface area contributed by atoms with Gasteiger partial charge in [-0.3, -0.25) is 4.21 Å². The largest absolute Gasteiger partial charge is 0.301 e. The summed E-state index contributed by atoms with van der Waals surface area (Å²) in [6, 6.07) is 0. The van der Waals surface area contributed by atoms with Crippen LogP contribution in [-0.4, -0.2) is 31.0 Å². The van der Waals surface area contributed by atoms with Gasteiger partial charge in [0.05, 0.1) is 0 Å². The highest BCUT2D eigenvalue weighted by molar-refractivity contribution is 7.84. The Labute approximate surface area is 91.1 Å². The molecule has 4 nitrogen and oxygen atoms in total. The Bertz CT molecular complexity index is 326. The van der Waals surface area contributed by atoms with Crippen molar-refractivity contribution in [2.45, 2.75) is 26.3 Å². The average molecular weight is 236 g/mol. The van der Waals surface area contributed by atoms with E-state index in [0.29, 0.717) is 17.6 Å². The Morgan fingerprint density at radius 2 is 2.21 bits per heavy atom. The Hall–Kier alpha value is -0.420. The van der Waals surface area contributed by atoms with Crippen molar-refractivity contribution in [3.63, 3.8) is 0 Å². The second-order valence-electron chi connectivity index (χ2n) is 3.06. The van der Waals surface area contributed by atoms with E-state index in [1.165, 1.54) is 0 Å². The molecule has 80 valence electrons. The minimum Gasteiger partial charge on any atom is -0.301 e. The number of nitrogens with zero attached hydrogens (tertiary/aromatic N) is 3. The van der Waals surface area contributed by atoms with Gasteiger partial charge in [-0.05, 0) is 18.0 Å². The van der Waals surface area contributed by atoms with E-state index in [9.17, 15) is 4.21 Å². The molecule has 1 unspecified atom stereocenters. The highest BCUT2D eigenvalue weighted by Gasteiger charge is 2.09. The van der Waals surface area contributed by atoms with Gasteiger partial charge in [-0.15, -0.1) is 10.2 Å². The third-order valence-corrected chi connectivity index (χ3v) is 2.90. The van der Waals surface area contributed by atoms with E-state index in [4.69, 9.17) is 11.6 Å². The first-order valence-electron chi connectivity index (χ1n) is 4.52. The SMILES string of the molecule is CCCc1nnc(Cl)n1CCS(C)=O. The molecule has 0 amide bonds. The smallest absolute Gasteiger partial charge is 0.225 e. The molecule has 0 aliphatic carbocycles. The van der Waals surface area contributed by atoms with E-state index in [1.54, 1.807) is 6.26 Å². The van der Waals surface area contributed by atoms with Crippen LogP contribution in [0.5, 0.6) is 0 Å². The van der Waals surface area contributed by atoms with Crippen molar-refractivity contribution in [3.8, 4) is 0 Å². The summed E-state index contributed by atoms with van der Waals surface area (Å²) in [5.74, 6) is 1.47. The minimum absolute atomic E-state index is 0.388. The van der Waals surface area contributed by atoms with Gasteiger partial charge in [0.1, 0.15) is 5.82 Å². The van der Waals surface area contributed by atoms with Crippen LogP contribution in [0.2, 0.25) is 5.28 Å². The van der Waals surface area contributed by atoms with Gasteiger partial charge in [0.25, 0.3) is 0 Å². The molecule has 0 aliphatic heterocycles. The normalized spacial score (nSPS) is 13.1. The Morgan fingerprint density at radius 1 is 1.50 bits per heavy atom. The molecule has 0 N–H and O–H groups in total. The second-order valence-corrected chi connectivity index (χ2v) is 4.96. The van der Waals surface area contributed by atoms with Gasteiger partial charge in [-0.2, -0.15) is 0 Å². The molecule has 1 atom stereocenters. The lowest BCUT2D eigenvalue weighted by Crippen LogP contribution is -2.10. The molecule has 1 aromatic rings. The molecular weight excluding hydrogens is 222 g/mol. The van der Waals surface area contributed by atoms with Crippen LogP contribution in [0.1, 0.15) is 19.2 Å². The van der Waals surface area contributed by atoms with Gasteiger partial charge in [-0.25, -0.2) is 0 Å². The van der Waals surface area contributed by atoms with E-state index < -0.39 is 10.8 Å². The summed E-state index contributed by atoms with van der Waals surface area (Å²) in [6.45, 7) is 2.70. The lowest BCUT2D eigenvalue weighted by atomic mass is 10.3. The van der Waals surface area contributed by atoms with Gasteiger partial charge in [0.15, 0.2) is 0 Å². The van der Waals surface area contributed by atoms with Crippen molar-refractivity contribution in [3.05, 3.63) is 11.1 Å². The lowest BCUT2D eigenvalue weighted by molar-refractivity contribution is 0.662. The molecule has 0 radical (unpaired) electrons. The van der Waals surface area contributed by atoms with E-state index in [2.05, 4.69) is 17.1 Å². The zero-order chi connectivity index (χ0) is 10.6. The van der Waals surface area contributed by atoms with Crippen molar-refractivity contribution < 1.29 is 4.21 Å². The molecular formula is C8H14ClN3OS. The third kappa shape index (κ3) is 3.06. The zero-order valence-electron chi connectivity index (χ0n) is 8.36. The van der Waals surface area contributed by atoms with E-state index >= 15 is 0 Å². The fraction of sp³-hybridized carbons (Fsp3) is 0.750. The van der Waals surface area contributed by atoms with Crippen molar-refractivity contribution in [1.82, 2.24) is 14.8 Å². The fourth-order valence-electron chi connectivity index (χ4n) is 1.16. The van der Waals surface area contributed by atoms with Crippen LogP contribution in [0.15, 0.2) is 0 Å². The van der Waals surface area contributed by atoms with Crippen LogP contribution >= 0.6 is 11.6 Å². The summed E-state index contributed by atoms with van der Waals surface area (Å²) in [6.07, 6.45) is 3.54. The maximum atomic E-state index is 10.9. The fourth-order valence-corrected chi connectivity index (χ4v) is 1.82. The lowest BCUT2D eigenvalue weighted by Gasteiger charge is -2.04. The molecule has 14 heavy (non-hydrogen) atoms. The average Bonchev–Trinajstić information content (AvgIpc) is 2.45. The Balaban J connectivity index is 2.71. The summed E-state index contributed by atoms with van der Waals surface area (Å²) >= 11 is 5.85. The molecule has 0 aromatic carbocycles. The van der Waals surface area contributed by atoms with E-state index in [1.807, 2.05) is 4.57 Å². The summed E-state index contributed by atoms with van der Waals surface area (Å²) in [5.41, 5.74) is 0. The van der Waals surface area contributed by atoms with Crippen LogP contribution in [0.25, 0.3) is 0 Å². The number of aryl methyl sites for hydroxylation is 1. The standard InChI is InChI=1S/C8H14ClN3OS/c1-3-4-7-10-11-8(9)12(7)5-6-14(2)13/h3-6H2,1-2H3. The summed E-state index contributed by atoms with van der Waals surface area (Å²) in [7, 11) is -0.806. The molecule has 1 heterocycles. The number of hydrogen-bond acceptors (Lipinski definition) is 3. The maximum absolute atomic E-state index is 10.9. The zero-order valence-corrected chi connectivity index (χ0v) is 9.94. The highest BCUT2D eigenvalue weighted by atomic mass is 35.5. The predicted octanol–water partition coefficient (Wildman–Crippen LogP) is 1.26. The third-order valence-electron chi connectivity index (χ3n) is 1.86. The first-order valence-corrected chi connectivity index (χ1v) is 6.63. The first kappa shape index (κ1) is 11.7. The maximum Gasteiger partial charge on any atom is 0.225 e. The molecule has 1 rings (SSSR count). The summed E-state index contributed by atoms with van der Waals surface area (Å²) < 4.78 is 12.8. The van der Waals surface area contributed by atoms with Crippen molar-refractivity contribution in [2.24, 2.45) is 0 Å². The molecule has 0 fully saturated rings. The van der Waals surface area contributed by atoms with Crippen molar-refractivity contribution in [1.29, 1.82) is 0 Å². The number of aromatic nitrogens is 3. The van der Waals surface area contributed by atoms with E-state index in [-0.39, 0.29) is 0 Å². The van der Waals surface area contributed by atoms with Gasteiger partial charge < -0.3 is 4.57 Å². The monoisotopic (exact) mass is 235 g/mol. The molecule has 0 bridgehead atoms. The first-order chi connectivity index (χ1) is 6.65. The number of hydrogen-bond donors (Lipinski definition) is 0.